The number of pyridine rings is 1. The van der Waals surface area contributed by atoms with Gasteiger partial charge < -0.3 is 4.74 Å². The second-order valence-electron chi connectivity index (χ2n) is 27.9. The Bertz CT molecular complexity index is 4050. The molecule has 0 spiro atoms. The van der Waals surface area contributed by atoms with E-state index in [2.05, 4.69) is 270 Å². The predicted molar refractivity (Wildman–Crippen MR) is 322 cm³/mol. The number of aromatic nitrogens is 4. The van der Waals surface area contributed by atoms with Crippen molar-refractivity contribution >= 4 is 32.8 Å². The van der Waals surface area contributed by atoms with E-state index >= 15 is 0 Å². The van der Waals surface area contributed by atoms with Crippen LogP contribution in [-0.4, -0.2) is 14.1 Å². The summed E-state index contributed by atoms with van der Waals surface area (Å²) in [7, 11) is 0. The second-order valence-corrected chi connectivity index (χ2v) is 27.9. The normalized spacial score (nSPS) is 15.1. The molecule has 12 rings (SSSR count). The van der Waals surface area contributed by atoms with E-state index in [1.807, 2.05) is 6.20 Å². The van der Waals surface area contributed by atoms with Gasteiger partial charge >= 0.3 is 0 Å². The topological polar surface area (TPSA) is 35.9 Å². The van der Waals surface area contributed by atoms with Gasteiger partial charge in [0.15, 0.2) is 0 Å². The molecule has 5 heteroatoms. The minimum Gasteiger partial charge on any atom is -0.458 e. The van der Waals surface area contributed by atoms with Gasteiger partial charge in [-0.25, -0.2) is 4.98 Å². The summed E-state index contributed by atoms with van der Waals surface area (Å²) < 4.78 is 14.0. The Labute approximate surface area is 457 Å². The van der Waals surface area contributed by atoms with E-state index in [9.17, 15) is 0 Å². The first-order chi connectivity index (χ1) is 36.2. The zero-order valence-corrected chi connectivity index (χ0v) is 48.5. The Balaban J connectivity index is 1.12. The Kier molecular flexibility index (Phi) is 11.2. The molecule has 0 radical (unpaired) electrons. The summed E-state index contributed by atoms with van der Waals surface area (Å²) in [5.41, 5.74) is 21.6. The van der Waals surface area contributed by atoms with Crippen molar-refractivity contribution in [3.05, 3.63) is 185 Å². The van der Waals surface area contributed by atoms with Crippen molar-refractivity contribution in [3.63, 3.8) is 0 Å². The highest BCUT2D eigenvalue weighted by molar-refractivity contribution is 6.09. The van der Waals surface area contributed by atoms with Crippen LogP contribution in [-0.2, 0) is 32.5 Å². The Morgan fingerprint density at radius 3 is 1.73 bits per heavy atom. The van der Waals surface area contributed by atoms with Gasteiger partial charge in [0.05, 0.1) is 33.4 Å². The van der Waals surface area contributed by atoms with Crippen molar-refractivity contribution < 1.29 is 9.30 Å². The summed E-state index contributed by atoms with van der Waals surface area (Å²) in [5.74, 6) is 2.39. The molecule has 390 valence electrons. The lowest BCUT2D eigenvalue weighted by Gasteiger charge is -2.43. The average Bonchev–Trinajstić information content (AvgIpc) is 4.09. The van der Waals surface area contributed by atoms with Crippen LogP contribution in [0.15, 0.2) is 146 Å². The van der Waals surface area contributed by atoms with Crippen LogP contribution in [0, 0.1) is 6.33 Å². The molecule has 1 aliphatic heterocycles. The standard InChI is InChI=1S/C72H76N4O/c1-67(2,3)44-30-33-73-64(38-44)76-61-27-20-19-26-52(61)53-29-28-49(40-62(53)76)77-48-23-21-22-47(39-48)74-43-75-65-57(34-45(68(4,5)6)36-60(65)70(10,11)12)55-42-59-58(71(13,14)31-32-72(59,15)16)41-54(55)50-24-17-18-25-51(50)56-35-46(69(7,8)9)37-63(74)66(56)75/h17-30,33-42H,31-32H2,1-16H3. The number of ether oxygens (including phenoxy) is 1. The van der Waals surface area contributed by atoms with Crippen LogP contribution in [0.4, 0.5) is 0 Å². The van der Waals surface area contributed by atoms with Crippen LogP contribution in [0.3, 0.4) is 0 Å². The first kappa shape index (κ1) is 50.6. The van der Waals surface area contributed by atoms with E-state index in [0.717, 1.165) is 63.3 Å². The second kappa shape index (κ2) is 17.1. The molecule has 0 fully saturated rings. The highest BCUT2D eigenvalue weighted by Crippen LogP contribution is 2.53. The molecule has 0 unspecified atom stereocenters. The Morgan fingerprint density at radius 1 is 0.481 bits per heavy atom. The highest BCUT2D eigenvalue weighted by atomic mass is 16.5. The molecule has 0 amide bonds. The number of imidazole rings is 1. The van der Waals surface area contributed by atoms with Crippen molar-refractivity contribution in [2.75, 3.05) is 0 Å². The van der Waals surface area contributed by atoms with Crippen LogP contribution in [0.2, 0.25) is 0 Å². The molecule has 1 aliphatic carbocycles. The molecule has 0 saturated carbocycles. The van der Waals surface area contributed by atoms with E-state index in [-0.39, 0.29) is 32.5 Å². The van der Waals surface area contributed by atoms with Crippen LogP contribution in [0.1, 0.15) is 157 Å². The summed E-state index contributed by atoms with van der Waals surface area (Å²) >= 11 is 0. The maximum atomic E-state index is 6.99. The van der Waals surface area contributed by atoms with Crippen molar-refractivity contribution in [1.29, 1.82) is 0 Å². The number of para-hydroxylation sites is 1. The van der Waals surface area contributed by atoms with E-state index in [4.69, 9.17) is 9.72 Å². The van der Waals surface area contributed by atoms with Crippen molar-refractivity contribution in [3.8, 4) is 62.1 Å². The lowest BCUT2D eigenvalue weighted by atomic mass is 9.62. The number of rotatable bonds is 4. The van der Waals surface area contributed by atoms with Crippen LogP contribution in [0.25, 0.3) is 83.4 Å². The van der Waals surface area contributed by atoms with Gasteiger partial charge in [0.1, 0.15) is 17.3 Å². The quantitative estimate of drug-likeness (QED) is 0.130. The minimum absolute atomic E-state index is 0.0133. The highest BCUT2D eigenvalue weighted by Gasteiger charge is 2.40. The fourth-order valence-corrected chi connectivity index (χ4v) is 12.4. The lowest BCUT2D eigenvalue weighted by Crippen LogP contribution is -2.36. The zero-order valence-electron chi connectivity index (χ0n) is 48.5. The molecule has 4 heterocycles. The summed E-state index contributed by atoms with van der Waals surface area (Å²) in [5, 5.41) is 2.34. The maximum absolute atomic E-state index is 6.99. The number of benzene rings is 7. The molecular formula is C72H76N4O. The first-order valence-electron chi connectivity index (χ1n) is 28.0. The Morgan fingerprint density at radius 2 is 1.06 bits per heavy atom. The smallest absolute Gasteiger partial charge is 0.269 e. The molecule has 0 saturated heterocycles. The summed E-state index contributed by atoms with van der Waals surface area (Å²) in [6, 6.07) is 52.4. The molecule has 0 bridgehead atoms. The number of hydrogen-bond acceptors (Lipinski definition) is 2. The van der Waals surface area contributed by atoms with Gasteiger partial charge in [0, 0.05) is 23.0 Å². The molecule has 0 atom stereocenters. The molecule has 5 nitrogen and oxygen atoms in total. The summed E-state index contributed by atoms with van der Waals surface area (Å²) in [6.45, 7) is 37.8. The molecule has 3 aromatic heterocycles. The number of nitrogens with zero attached hydrogens (tertiary/aromatic N) is 4. The SMILES string of the molecule is CC(C)(C)c1ccnc(-n2c3ccccc3c3ccc(Oc4cccc(-n5[c-][n+]6c7c(cc(C(C)(C)C)cc75)-c5ccccc5-c5cc7c(cc5-c5cc(C(C)(C)C)cc(C(C)(C)C)c5-6)C(C)(C)CCC7(C)C)c4)cc32)c1. The van der Waals surface area contributed by atoms with E-state index in [1.54, 1.807) is 0 Å². The summed E-state index contributed by atoms with van der Waals surface area (Å²) in [4.78, 5) is 4.95. The van der Waals surface area contributed by atoms with Gasteiger partial charge in [-0.05, 0) is 173 Å². The number of fused-ring (bicyclic) bond motifs is 11. The molecule has 2 aliphatic rings. The van der Waals surface area contributed by atoms with Crippen LogP contribution < -0.4 is 9.30 Å². The van der Waals surface area contributed by atoms with Crippen molar-refractivity contribution in [1.82, 2.24) is 14.1 Å². The van der Waals surface area contributed by atoms with Gasteiger partial charge in [-0.2, -0.15) is 0 Å². The molecule has 0 N–H and O–H groups in total. The lowest BCUT2D eigenvalue weighted by molar-refractivity contribution is -0.572. The van der Waals surface area contributed by atoms with E-state index < -0.39 is 0 Å². The third kappa shape index (κ3) is 8.42. The molecule has 7 aromatic carbocycles. The maximum Gasteiger partial charge on any atom is 0.269 e. The third-order valence-electron chi connectivity index (χ3n) is 17.2. The van der Waals surface area contributed by atoms with Gasteiger partial charge in [-0.15, -0.1) is 0 Å². The summed E-state index contributed by atoms with van der Waals surface area (Å²) in [6.07, 6.45) is 8.37. The van der Waals surface area contributed by atoms with E-state index in [0.29, 0.717) is 0 Å². The van der Waals surface area contributed by atoms with Crippen LogP contribution in [0.5, 0.6) is 11.5 Å². The molecule has 77 heavy (non-hydrogen) atoms. The fourth-order valence-electron chi connectivity index (χ4n) is 12.4. The average molecular weight is 1010 g/mol. The third-order valence-corrected chi connectivity index (χ3v) is 17.2. The van der Waals surface area contributed by atoms with Crippen LogP contribution >= 0.6 is 0 Å². The molecular weight excluding hydrogens is 937 g/mol. The zero-order chi connectivity index (χ0) is 54.5. The van der Waals surface area contributed by atoms with Crippen molar-refractivity contribution in [2.45, 2.75) is 156 Å². The fraction of sp³-hybridized carbons (Fsp3) is 0.333. The first-order valence-corrected chi connectivity index (χ1v) is 28.0. The van der Waals surface area contributed by atoms with Gasteiger partial charge in [-0.1, -0.05) is 184 Å². The predicted octanol–water partition coefficient (Wildman–Crippen LogP) is 18.8. The monoisotopic (exact) mass is 1010 g/mol. The van der Waals surface area contributed by atoms with Gasteiger partial charge in [0.25, 0.3) is 6.33 Å². The Hall–Kier alpha value is -7.24. The van der Waals surface area contributed by atoms with Crippen molar-refractivity contribution in [2.24, 2.45) is 0 Å². The van der Waals surface area contributed by atoms with E-state index in [1.165, 1.54) is 77.8 Å². The molecule has 10 aromatic rings. The largest absolute Gasteiger partial charge is 0.458 e. The van der Waals surface area contributed by atoms with Gasteiger partial charge in [-0.3, -0.25) is 13.7 Å². The number of hydrogen-bond donors (Lipinski definition) is 0. The minimum atomic E-state index is -0.228. The van der Waals surface area contributed by atoms with Gasteiger partial charge in [0.2, 0.25) is 0 Å².